The lowest BCUT2D eigenvalue weighted by atomic mass is 9.90. The molecule has 11 nitrogen and oxygen atoms in total. The molecule has 1 heterocycles. The average Bonchev–Trinajstić information content (AvgIpc) is 3.28. The van der Waals surface area contributed by atoms with E-state index in [0.717, 1.165) is 19.3 Å². The summed E-state index contributed by atoms with van der Waals surface area (Å²) in [6.07, 6.45) is 1.48. The minimum atomic E-state index is -0.531. The van der Waals surface area contributed by atoms with Gasteiger partial charge in [-0.3, -0.25) is 14.4 Å². The van der Waals surface area contributed by atoms with Crippen LogP contribution in [-0.4, -0.2) is 85.7 Å². The zero-order valence-electron chi connectivity index (χ0n) is 21.6. The Bertz CT molecular complexity index is 743. The first-order valence-corrected chi connectivity index (χ1v) is 12.0. The molecule has 0 aromatic carbocycles. The molecule has 194 valence electrons. The van der Waals surface area contributed by atoms with E-state index in [1.54, 1.807) is 37.8 Å². The standard InChI is InChI=1S/C23H42N6O5/c1-8-14(2)21(28(5)19(30)12-15(3)26-27-25)18(33-6)13-20(31)29-11-9-10-17(29)22(34-7)16(4)23(24)32/h14-18,21-22H,8-13H2,1-7H3,(H2,24,32)/t14-,15-,16+,17-,18+,21-,22+/m0/s1. The van der Waals surface area contributed by atoms with Crippen LogP contribution in [0.15, 0.2) is 5.11 Å². The van der Waals surface area contributed by atoms with Gasteiger partial charge in [0.15, 0.2) is 0 Å². The minimum Gasteiger partial charge on any atom is -0.379 e. The van der Waals surface area contributed by atoms with E-state index in [2.05, 4.69) is 10.0 Å². The third-order valence-electron chi connectivity index (χ3n) is 7.06. The van der Waals surface area contributed by atoms with Gasteiger partial charge in [0.1, 0.15) is 0 Å². The van der Waals surface area contributed by atoms with Crippen molar-refractivity contribution < 1.29 is 23.9 Å². The molecule has 0 unspecified atom stereocenters. The van der Waals surface area contributed by atoms with Crippen molar-refractivity contribution in [2.75, 3.05) is 27.8 Å². The van der Waals surface area contributed by atoms with Crippen molar-refractivity contribution in [3.8, 4) is 0 Å². The predicted molar refractivity (Wildman–Crippen MR) is 129 cm³/mol. The Kier molecular flexibility index (Phi) is 12.3. The zero-order valence-corrected chi connectivity index (χ0v) is 21.6. The van der Waals surface area contributed by atoms with Gasteiger partial charge in [0, 0.05) is 45.2 Å². The van der Waals surface area contributed by atoms with Crippen molar-refractivity contribution in [3.05, 3.63) is 10.4 Å². The molecule has 0 aromatic heterocycles. The Morgan fingerprint density at radius 2 is 1.85 bits per heavy atom. The van der Waals surface area contributed by atoms with E-state index < -0.39 is 30.1 Å². The Hall–Kier alpha value is -2.36. The van der Waals surface area contributed by atoms with E-state index in [-0.39, 0.29) is 42.7 Å². The molecule has 34 heavy (non-hydrogen) atoms. The fourth-order valence-electron chi connectivity index (χ4n) is 4.86. The van der Waals surface area contributed by atoms with Crippen LogP contribution >= 0.6 is 0 Å². The number of amides is 3. The van der Waals surface area contributed by atoms with Gasteiger partial charge in [0.25, 0.3) is 0 Å². The maximum Gasteiger partial charge on any atom is 0.225 e. The van der Waals surface area contributed by atoms with Gasteiger partial charge in [-0.15, -0.1) is 0 Å². The van der Waals surface area contributed by atoms with E-state index in [4.69, 9.17) is 20.7 Å². The molecule has 2 N–H and O–H groups in total. The number of primary amides is 1. The molecule has 1 fully saturated rings. The SMILES string of the molecule is CC[C@H](C)[C@@H]([C@@H](CC(=O)N1CCC[C@H]1[C@H](OC)[C@@H](C)C(N)=O)OC)N(C)C(=O)C[C@H](C)N=[N+]=[N-]. The normalized spacial score (nSPS) is 21.0. The van der Waals surface area contributed by atoms with E-state index in [1.165, 1.54) is 7.11 Å². The Morgan fingerprint density at radius 3 is 2.35 bits per heavy atom. The number of ether oxygens (including phenoxy) is 2. The fourth-order valence-corrected chi connectivity index (χ4v) is 4.86. The van der Waals surface area contributed by atoms with Crippen molar-refractivity contribution in [2.24, 2.45) is 22.7 Å². The van der Waals surface area contributed by atoms with Crippen molar-refractivity contribution in [3.63, 3.8) is 0 Å². The van der Waals surface area contributed by atoms with Gasteiger partial charge in [0.2, 0.25) is 17.7 Å². The van der Waals surface area contributed by atoms with Gasteiger partial charge in [-0.05, 0) is 24.3 Å². The highest BCUT2D eigenvalue weighted by molar-refractivity contribution is 5.80. The number of likely N-dealkylation sites (N-methyl/N-ethyl adjacent to an activating group) is 1. The van der Waals surface area contributed by atoms with Gasteiger partial charge in [-0.25, -0.2) is 0 Å². The highest BCUT2D eigenvalue weighted by atomic mass is 16.5. The first kappa shape index (κ1) is 29.7. The summed E-state index contributed by atoms with van der Waals surface area (Å²) in [4.78, 5) is 44.2. The van der Waals surface area contributed by atoms with Gasteiger partial charge < -0.3 is 25.0 Å². The third-order valence-corrected chi connectivity index (χ3v) is 7.06. The molecule has 0 aliphatic carbocycles. The Balaban J connectivity index is 3.08. The Morgan fingerprint density at radius 1 is 1.21 bits per heavy atom. The first-order valence-electron chi connectivity index (χ1n) is 12.0. The Labute approximate surface area is 202 Å². The quantitative estimate of drug-likeness (QED) is 0.229. The fraction of sp³-hybridized carbons (Fsp3) is 0.870. The number of azide groups is 1. The lowest BCUT2D eigenvalue weighted by molar-refractivity contribution is -0.145. The van der Waals surface area contributed by atoms with Crippen LogP contribution in [0.5, 0.6) is 0 Å². The van der Waals surface area contributed by atoms with Crippen molar-refractivity contribution in [1.29, 1.82) is 0 Å². The summed E-state index contributed by atoms with van der Waals surface area (Å²) in [5, 5.41) is 3.59. The molecular formula is C23H42N6O5. The number of nitrogens with zero attached hydrogens (tertiary/aromatic N) is 5. The summed E-state index contributed by atoms with van der Waals surface area (Å²) in [5.74, 6) is -1.21. The first-order chi connectivity index (χ1) is 16.0. The van der Waals surface area contributed by atoms with Crippen molar-refractivity contribution in [2.45, 2.75) is 90.1 Å². The van der Waals surface area contributed by atoms with E-state index in [9.17, 15) is 14.4 Å². The predicted octanol–water partition coefficient (Wildman–Crippen LogP) is 2.48. The number of methoxy groups -OCH3 is 2. The number of carbonyl (C=O) groups is 3. The molecule has 0 bridgehead atoms. The number of carbonyl (C=O) groups excluding carboxylic acids is 3. The molecule has 1 saturated heterocycles. The monoisotopic (exact) mass is 482 g/mol. The molecule has 0 radical (unpaired) electrons. The summed E-state index contributed by atoms with van der Waals surface area (Å²) in [6, 6.07) is -1.05. The number of nitrogens with two attached hydrogens (primary N) is 1. The summed E-state index contributed by atoms with van der Waals surface area (Å²) in [6.45, 7) is 8.02. The summed E-state index contributed by atoms with van der Waals surface area (Å²) < 4.78 is 11.4. The van der Waals surface area contributed by atoms with Gasteiger partial charge in [-0.2, -0.15) is 0 Å². The number of hydrogen-bond acceptors (Lipinski definition) is 6. The van der Waals surface area contributed by atoms with Crippen molar-refractivity contribution in [1.82, 2.24) is 9.80 Å². The highest BCUT2D eigenvalue weighted by Crippen LogP contribution is 2.29. The van der Waals surface area contributed by atoms with Crippen LogP contribution in [0.4, 0.5) is 0 Å². The highest BCUT2D eigenvalue weighted by Gasteiger charge is 2.41. The topological polar surface area (TPSA) is 151 Å². The second-order valence-electron chi connectivity index (χ2n) is 9.31. The lowest BCUT2D eigenvalue weighted by Gasteiger charge is -2.39. The van der Waals surface area contributed by atoms with Gasteiger partial charge >= 0.3 is 0 Å². The minimum absolute atomic E-state index is 0.0671. The van der Waals surface area contributed by atoms with Crippen LogP contribution < -0.4 is 5.73 Å². The third kappa shape index (κ3) is 7.58. The molecule has 11 heteroatoms. The second-order valence-corrected chi connectivity index (χ2v) is 9.31. The lowest BCUT2D eigenvalue weighted by Crippen LogP contribution is -2.53. The summed E-state index contributed by atoms with van der Waals surface area (Å²) in [7, 11) is 4.77. The van der Waals surface area contributed by atoms with Crippen LogP contribution in [0, 0.1) is 11.8 Å². The maximum absolute atomic E-state index is 13.4. The van der Waals surface area contributed by atoms with Crippen LogP contribution in [0.2, 0.25) is 0 Å². The zero-order chi connectivity index (χ0) is 26.0. The van der Waals surface area contributed by atoms with Crippen LogP contribution in [0.1, 0.15) is 59.8 Å². The van der Waals surface area contributed by atoms with Crippen LogP contribution in [-0.2, 0) is 23.9 Å². The van der Waals surface area contributed by atoms with Crippen molar-refractivity contribution >= 4 is 17.7 Å². The van der Waals surface area contributed by atoms with E-state index in [1.807, 2.05) is 13.8 Å². The molecule has 7 atom stereocenters. The molecule has 1 aliphatic rings. The van der Waals surface area contributed by atoms with E-state index >= 15 is 0 Å². The maximum atomic E-state index is 13.4. The molecule has 3 amide bonds. The van der Waals surface area contributed by atoms with Gasteiger partial charge in [-0.1, -0.05) is 39.2 Å². The average molecular weight is 483 g/mol. The molecular weight excluding hydrogens is 440 g/mol. The number of likely N-dealkylation sites (tertiary alicyclic amines) is 1. The summed E-state index contributed by atoms with van der Waals surface area (Å²) in [5.41, 5.74) is 14.1. The van der Waals surface area contributed by atoms with Crippen LogP contribution in [0.25, 0.3) is 10.4 Å². The second kappa shape index (κ2) is 14.1. The smallest absolute Gasteiger partial charge is 0.225 e. The molecule has 0 spiro atoms. The summed E-state index contributed by atoms with van der Waals surface area (Å²) >= 11 is 0. The number of rotatable bonds is 14. The number of hydrogen-bond donors (Lipinski definition) is 1. The largest absolute Gasteiger partial charge is 0.379 e. The van der Waals surface area contributed by atoms with Gasteiger partial charge in [0.05, 0.1) is 36.6 Å². The molecule has 0 aromatic rings. The molecule has 1 aliphatic heterocycles. The molecule has 0 saturated carbocycles. The van der Waals surface area contributed by atoms with Crippen LogP contribution in [0.3, 0.4) is 0 Å². The van der Waals surface area contributed by atoms with E-state index in [0.29, 0.717) is 6.54 Å². The molecule has 1 rings (SSSR count).